The van der Waals surface area contributed by atoms with E-state index in [9.17, 15) is 4.79 Å². The molecule has 7 heteroatoms. The van der Waals surface area contributed by atoms with Crippen molar-refractivity contribution in [3.05, 3.63) is 70.8 Å². The number of rotatable bonds is 8. The van der Waals surface area contributed by atoms with Crippen molar-refractivity contribution in [2.75, 3.05) is 43.9 Å². The molecule has 0 saturated carbocycles. The maximum absolute atomic E-state index is 13.0. The largest absolute Gasteiger partial charge is 0.355 e. The van der Waals surface area contributed by atoms with Crippen LogP contribution in [0.15, 0.2) is 65.1 Å². The summed E-state index contributed by atoms with van der Waals surface area (Å²) in [5.74, 6) is 1.01. The Morgan fingerprint density at radius 1 is 1.00 bits per heavy atom. The number of benzene rings is 2. The number of nitrogens with zero attached hydrogens (tertiary/aromatic N) is 4. The molecule has 0 aliphatic carbocycles. The lowest BCUT2D eigenvalue weighted by Crippen LogP contribution is -2.32. The molecule has 0 unspecified atom stereocenters. The fraction of sp³-hybridized carbons (Fsp3) is 0.261. The van der Waals surface area contributed by atoms with E-state index in [0.29, 0.717) is 17.2 Å². The van der Waals surface area contributed by atoms with Crippen LogP contribution in [0.1, 0.15) is 17.4 Å². The molecule has 0 spiro atoms. The zero-order chi connectivity index (χ0) is 21.5. The van der Waals surface area contributed by atoms with Crippen LogP contribution >= 0.6 is 15.9 Å². The lowest BCUT2D eigenvalue weighted by Gasteiger charge is -2.24. The molecule has 0 saturated heterocycles. The molecule has 0 atom stereocenters. The monoisotopic (exact) mass is 467 g/mol. The first kappa shape index (κ1) is 21.9. The Hall–Kier alpha value is -2.77. The molecule has 3 aromatic rings. The minimum Gasteiger partial charge on any atom is -0.355 e. The quantitative estimate of drug-likeness (QED) is 0.526. The van der Waals surface area contributed by atoms with Gasteiger partial charge in [0.15, 0.2) is 5.82 Å². The van der Waals surface area contributed by atoms with Gasteiger partial charge in [-0.25, -0.2) is 9.97 Å². The molecule has 1 aromatic heterocycles. The van der Waals surface area contributed by atoms with Gasteiger partial charge in [0.1, 0.15) is 11.5 Å². The number of hydrogen-bond acceptors (Lipinski definition) is 5. The molecule has 1 amide bonds. The fourth-order valence-electron chi connectivity index (χ4n) is 2.93. The molecular formula is C23H26BrN5O. The highest BCUT2D eigenvalue weighted by molar-refractivity contribution is 9.10. The highest BCUT2D eigenvalue weighted by Crippen LogP contribution is 2.24. The Kier molecular flexibility index (Phi) is 7.54. The number of carbonyl (C=O) groups is 1. The van der Waals surface area contributed by atoms with E-state index < -0.39 is 0 Å². The third-order valence-corrected chi connectivity index (χ3v) is 5.31. The van der Waals surface area contributed by atoms with Gasteiger partial charge in [-0.3, -0.25) is 4.79 Å². The van der Waals surface area contributed by atoms with E-state index in [1.807, 2.05) is 68.7 Å². The number of amides is 1. The van der Waals surface area contributed by atoms with Crippen molar-refractivity contribution in [1.82, 2.24) is 14.9 Å². The number of nitrogens with one attached hydrogen (secondary N) is 1. The van der Waals surface area contributed by atoms with Gasteiger partial charge >= 0.3 is 0 Å². The Balaban J connectivity index is 1.98. The van der Waals surface area contributed by atoms with Crippen molar-refractivity contribution in [2.45, 2.75) is 6.92 Å². The smallest absolute Gasteiger partial charge is 0.274 e. The van der Waals surface area contributed by atoms with Gasteiger partial charge in [-0.2, -0.15) is 0 Å². The average molecular weight is 468 g/mol. The van der Waals surface area contributed by atoms with E-state index in [0.717, 1.165) is 35.5 Å². The van der Waals surface area contributed by atoms with Crippen molar-refractivity contribution in [3.8, 4) is 11.4 Å². The van der Waals surface area contributed by atoms with Gasteiger partial charge in [0.25, 0.3) is 5.91 Å². The van der Waals surface area contributed by atoms with Crippen molar-refractivity contribution in [3.63, 3.8) is 0 Å². The Morgan fingerprint density at radius 2 is 1.70 bits per heavy atom. The molecule has 0 aliphatic rings. The summed E-state index contributed by atoms with van der Waals surface area (Å²) < 4.78 is 0.817. The molecule has 30 heavy (non-hydrogen) atoms. The summed E-state index contributed by atoms with van der Waals surface area (Å²) in [5, 5.41) is 2.94. The first-order valence-electron chi connectivity index (χ1n) is 9.88. The van der Waals surface area contributed by atoms with E-state index >= 15 is 0 Å². The van der Waals surface area contributed by atoms with Crippen molar-refractivity contribution < 1.29 is 4.79 Å². The maximum Gasteiger partial charge on any atom is 0.274 e. The normalized spacial score (nSPS) is 10.8. The lowest BCUT2D eigenvalue weighted by atomic mass is 10.2. The van der Waals surface area contributed by atoms with Gasteiger partial charge < -0.3 is 15.1 Å². The number of aromatic nitrogens is 2. The summed E-state index contributed by atoms with van der Waals surface area (Å²) in [5.41, 5.74) is 1.90. The number of hydrogen-bond donors (Lipinski definition) is 1. The zero-order valence-electron chi connectivity index (χ0n) is 17.5. The molecule has 1 N–H and O–H groups in total. The summed E-state index contributed by atoms with van der Waals surface area (Å²) in [6.45, 7) is 4.56. The Bertz CT molecular complexity index is 994. The molecule has 0 bridgehead atoms. The molecule has 6 nitrogen and oxygen atoms in total. The van der Waals surface area contributed by atoms with Crippen LogP contribution in [0.3, 0.4) is 0 Å². The standard InChI is InChI=1S/C23H26BrN5O/c1-4-29(15-14-28(2)3)21-16-20(23(30)26-19-13-9-8-12-18(19)24)25-22(27-21)17-10-6-5-7-11-17/h5-13,16H,4,14-15H2,1-3H3,(H,26,30). The third-order valence-electron chi connectivity index (χ3n) is 4.62. The van der Waals surface area contributed by atoms with Crippen LogP contribution in [0.2, 0.25) is 0 Å². The minimum absolute atomic E-state index is 0.272. The average Bonchev–Trinajstić information content (AvgIpc) is 2.76. The van der Waals surface area contributed by atoms with E-state index in [1.165, 1.54) is 0 Å². The predicted molar refractivity (Wildman–Crippen MR) is 126 cm³/mol. The van der Waals surface area contributed by atoms with Crippen LogP contribution in [-0.2, 0) is 0 Å². The van der Waals surface area contributed by atoms with Gasteiger partial charge in [-0.15, -0.1) is 0 Å². The van der Waals surface area contributed by atoms with E-state index in [-0.39, 0.29) is 5.91 Å². The maximum atomic E-state index is 13.0. The fourth-order valence-corrected chi connectivity index (χ4v) is 3.32. The molecule has 3 rings (SSSR count). The number of likely N-dealkylation sites (N-methyl/N-ethyl adjacent to an activating group) is 2. The Morgan fingerprint density at radius 3 is 2.37 bits per heavy atom. The first-order valence-corrected chi connectivity index (χ1v) is 10.7. The summed E-state index contributed by atoms with van der Waals surface area (Å²) in [6, 6.07) is 19.0. The summed E-state index contributed by atoms with van der Waals surface area (Å²) in [4.78, 5) is 26.6. The highest BCUT2D eigenvalue weighted by atomic mass is 79.9. The van der Waals surface area contributed by atoms with E-state index in [1.54, 1.807) is 6.07 Å². The second kappa shape index (κ2) is 10.3. The number of anilines is 2. The van der Waals surface area contributed by atoms with Crippen LogP contribution in [0.4, 0.5) is 11.5 Å². The summed E-state index contributed by atoms with van der Waals surface area (Å²) in [6.07, 6.45) is 0. The van der Waals surface area contributed by atoms with Crippen molar-refractivity contribution >= 4 is 33.3 Å². The van der Waals surface area contributed by atoms with Crippen molar-refractivity contribution in [2.24, 2.45) is 0 Å². The molecule has 156 valence electrons. The van der Waals surface area contributed by atoms with Crippen LogP contribution in [-0.4, -0.2) is 54.5 Å². The number of halogens is 1. The zero-order valence-corrected chi connectivity index (χ0v) is 19.1. The molecule has 0 fully saturated rings. The van der Waals surface area contributed by atoms with Crippen LogP contribution < -0.4 is 10.2 Å². The highest BCUT2D eigenvalue weighted by Gasteiger charge is 2.17. The van der Waals surface area contributed by atoms with Crippen LogP contribution in [0, 0.1) is 0 Å². The van der Waals surface area contributed by atoms with E-state index in [2.05, 4.69) is 43.0 Å². The third kappa shape index (κ3) is 5.64. The number of para-hydroxylation sites is 1. The predicted octanol–water partition coefficient (Wildman–Crippen LogP) is 4.55. The first-order chi connectivity index (χ1) is 14.5. The molecular weight excluding hydrogens is 442 g/mol. The Labute approximate surface area is 186 Å². The van der Waals surface area contributed by atoms with Crippen LogP contribution in [0.25, 0.3) is 11.4 Å². The minimum atomic E-state index is -0.272. The van der Waals surface area contributed by atoms with Crippen LogP contribution in [0.5, 0.6) is 0 Å². The van der Waals surface area contributed by atoms with Gasteiger partial charge in [0.05, 0.1) is 5.69 Å². The molecule has 2 aromatic carbocycles. The molecule has 0 radical (unpaired) electrons. The molecule has 0 aliphatic heterocycles. The summed E-state index contributed by atoms with van der Waals surface area (Å²) in [7, 11) is 4.08. The van der Waals surface area contributed by atoms with Crippen molar-refractivity contribution in [1.29, 1.82) is 0 Å². The summed E-state index contributed by atoms with van der Waals surface area (Å²) >= 11 is 3.47. The van der Waals surface area contributed by atoms with Gasteiger partial charge in [-0.05, 0) is 49.1 Å². The number of carbonyl (C=O) groups excluding carboxylic acids is 1. The SMILES string of the molecule is CCN(CCN(C)C)c1cc(C(=O)Nc2ccccc2Br)nc(-c2ccccc2)n1. The van der Waals surface area contributed by atoms with Gasteiger partial charge in [0.2, 0.25) is 0 Å². The van der Waals surface area contributed by atoms with Gasteiger partial charge in [-0.1, -0.05) is 42.5 Å². The van der Waals surface area contributed by atoms with E-state index in [4.69, 9.17) is 4.98 Å². The second-order valence-electron chi connectivity index (χ2n) is 7.12. The molecule has 1 heterocycles. The topological polar surface area (TPSA) is 61.4 Å². The lowest BCUT2D eigenvalue weighted by molar-refractivity contribution is 0.102. The van der Waals surface area contributed by atoms with Gasteiger partial charge in [0, 0.05) is 35.7 Å². The second-order valence-corrected chi connectivity index (χ2v) is 7.97.